The number of hydrogen-bond acceptors (Lipinski definition) is 13. The van der Waals surface area contributed by atoms with Crippen molar-refractivity contribution in [2.45, 2.75) is 38.9 Å². The highest BCUT2D eigenvalue weighted by Gasteiger charge is 2.49. The average molecular weight is 625 g/mol. The van der Waals surface area contributed by atoms with E-state index in [1.54, 1.807) is 0 Å². The molecule has 1 aromatic heterocycles. The second-order valence-electron chi connectivity index (χ2n) is 9.50. The fraction of sp³-hybridized carbons (Fsp3) is 0.458. The number of carbonyl (C=O) groups excluding carboxylic acids is 2. The third kappa shape index (κ3) is 7.71. The largest absolute Gasteiger partial charge is 0.490 e. The van der Waals surface area contributed by atoms with Gasteiger partial charge in [0.25, 0.3) is 5.91 Å². The summed E-state index contributed by atoms with van der Waals surface area (Å²) in [7, 11) is -4.88. The molecule has 2 aliphatic heterocycles. The van der Waals surface area contributed by atoms with Crippen molar-refractivity contribution in [1.82, 2.24) is 14.9 Å². The molecule has 18 heteroatoms. The van der Waals surface area contributed by atoms with E-state index in [1.807, 2.05) is 23.1 Å². The number of rotatable bonds is 14. The van der Waals surface area contributed by atoms with Crippen molar-refractivity contribution >= 4 is 50.2 Å². The standard InChI is InChI=1S/C24H32N8O8S2/c1-14-18(22(34)32(14)40-42(35,36)37)10-20(33)21(19-13-41-24(27)29-19)30-39-8-7-38-17-4-3-15-11-31(12-16(15)9-17)23(26)28-6-2-5-25/h3-4,9,13-14,18H,2,5-8,10-12,25H2,1H3,(H2,26,28)(H2,27,29)(H,35,36,37)/b30-21-/t14-,18-/m0/s1. The molecule has 2 aliphatic rings. The van der Waals surface area contributed by atoms with Crippen LogP contribution >= 0.6 is 11.3 Å². The zero-order valence-electron chi connectivity index (χ0n) is 22.7. The molecular formula is C24H32N8O8S2. The first-order valence-electron chi connectivity index (χ1n) is 12.9. The second-order valence-corrected chi connectivity index (χ2v) is 11.4. The Bertz CT molecular complexity index is 1480. The van der Waals surface area contributed by atoms with Crippen molar-refractivity contribution in [3.8, 4) is 5.75 Å². The van der Waals surface area contributed by atoms with Crippen LogP contribution in [0.25, 0.3) is 0 Å². The van der Waals surface area contributed by atoms with Gasteiger partial charge in [0.15, 0.2) is 29.2 Å². The molecule has 1 fully saturated rings. The smallest absolute Gasteiger partial charge is 0.418 e. The first-order valence-corrected chi connectivity index (χ1v) is 15.2. The molecule has 7 N–H and O–H groups in total. The molecule has 0 radical (unpaired) electrons. The molecular weight excluding hydrogens is 592 g/mol. The van der Waals surface area contributed by atoms with Crippen LogP contribution in [-0.4, -0.2) is 83.6 Å². The number of nitrogens with two attached hydrogens (primary N) is 3. The maximum Gasteiger partial charge on any atom is 0.418 e. The molecule has 0 unspecified atom stereocenters. The SMILES string of the molecule is C[C@H]1[C@H](CC(=O)/C(=N\OCCOc2ccc3c(c2)CN(C(N)=NCCCN)C3)c2csc(N)n2)C(=O)N1OS(=O)(=O)O. The number of ketones is 1. The number of amides is 1. The van der Waals surface area contributed by atoms with Gasteiger partial charge in [-0.2, -0.15) is 13.5 Å². The minimum Gasteiger partial charge on any atom is -0.490 e. The molecule has 2 aromatic rings. The Labute approximate surface area is 246 Å². The number of benzene rings is 1. The Balaban J connectivity index is 1.31. The molecule has 0 bridgehead atoms. The third-order valence-electron chi connectivity index (χ3n) is 6.55. The van der Waals surface area contributed by atoms with Crippen LogP contribution in [0.1, 0.15) is 36.6 Å². The number of hydroxylamine groups is 2. The van der Waals surface area contributed by atoms with Crippen LogP contribution in [0, 0.1) is 5.92 Å². The predicted octanol–water partition coefficient (Wildman–Crippen LogP) is 0.0446. The molecule has 16 nitrogen and oxygen atoms in total. The number of nitrogen functional groups attached to an aromatic ring is 1. The summed E-state index contributed by atoms with van der Waals surface area (Å²) < 4.78 is 40.7. The van der Waals surface area contributed by atoms with Gasteiger partial charge in [-0.25, -0.2) is 4.98 Å². The molecule has 1 aromatic carbocycles. The van der Waals surface area contributed by atoms with E-state index in [0.29, 0.717) is 43.0 Å². The van der Waals surface area contributed by atoms with Crippen LogP contribution in [0.15, 0.2) is 33.7 Å². The number of Topliss-reactive ketones (excluding diaryl/α,β-unsaturated/α-hetero) is 1. The summed E-state index contributed by atoms with van der Waals surface area (Å²) in [5.74, 6) is -1.15. The van der Waals surface area contributed by atoms with Crippen molar-refractivity contribution < 1.29 is 36.4 Å². The number of thiazole rings is 1. The zero-order valence-corrected chi connectivity index (χ0v) is 24.3. The van der Waals surface area contributed by atoms with Crippen molar-refractivity contribution in [2.24, 2.45) is 27.5 Å². The van der Waals surface area contributed by atoms with Crippen LogP contribution in [0.2, 0.25) is 0 Å². The van der Waals surface area contributed by atoms with Crippen LogP contribution in [0.4, 0.5) is 5.13 Å². The number of nitrogens with zero attached hydrogens (tertiary/aromatic N) is 5. The van der Waals surface area contributed by atoms with E-state index in [0.717, 1.165) is 28.9 Å². The Morgan fingerprint density at radius 3 is 2.69 bits per heavy atom. The Morgan fingerprint density at radius 2 is 2.02 bits per heavy atom. The molecule has 1 amide bonds. The van der Waals surface area contributed by atoms with Gasteiger partial charge in [-0.3, -0.25) is 19.1 Å². The number of aromatic nitrogens is 1. The Morgan fingerprint density at radius 1 is 1.26 bits per heavy atom. The van der Waals surface area contributed by atoms with Crippen LogP contribution < -0.4 is 21.9 Å². The lowest BCUT2D eigenvalue weighted by Gasteiger charge is -2.41. The Hall–Kier alpha value is -3.84. The van der Waals surface area contributed by atoms with Gasteiger partial charge in [0, 0.05) is 31.4 Å². The molecule has 0 saturated carbocycles. The molecule has 3 heterocycles. The highest BCUT2D eigenvalue weighted by atomic mass is 32.3. The lowest BCUT2D eigenvalue weighted by atomic mass is 9.85. The van der Waals surface area contributed by atoms with E-state index in [-0.39, 0.29) is 36.2 Å². The zero-order chi connectivity index (χ0) is 30.4. The molecule has 0 spiro atoms. The van der Waals surface area contributed by atoms with Gasteiger partial charge in [-0.15, -0.1) is 15.6 Å². The summed E-state index contributed by atoms with van der Waals surface area (Å²) >= 11 is 1.09. The number of anilines is 1. The number of ether oxygens (including phenoxy) is 1. The monoisotopic (exact) mass is 624 g/mol. The van der Waals surface area contributed by atoms with E-state index < -0.39 is 34.0 Å². The molecule has 0 aliphatic carbocycles. The van der Waals surface area contributed by atoms with Gasteiger partial charge in [0.05, 0.1) is 12.0 Å². The fourth-order valence-corrected chi connectivity index (χ4v) is 5.32. The van der Waals surface area contributed by atoms with E-state index in [9.17, 15) is 18.0 Å². The quantitative estimate of drug-likeness (QED) is 0.0543. The Kier molecular flexibility index (Phi) is 9.94. The second kappa shape index (κ2) is 13.4. The minimum atomic E-state index is -4.88. The van der Waals surface area contributed by atoms with Crippen molar-refractivity contribution in [3.63, 3.8) is 0 Å². The number of carbonyl (C=O) groups is 2. The summed E-state index contributed by atoms with van der Waals surface area (Å²) in [4.78, 5) is 41.1. The van der Waals surface area contributed by atoms with Gasteiger partial charge in [0.1, 0.15) is 18.1 Å². The third-order valence-corrected chi connectivity index (χ3v) is 7.58. The van der Waals surface area contributed by atoms with Crippen LogP contribution in [-0.2, 0) is 42.2 Å². The number of hydrogen-bond donors (Lipinski definition) is 4. The van der Waals surface area contributed by atoms with Crippen molar-refractivity contribution in [2.75, 3.05) is 32.0 Å². The fourth-order valence-electron chi connectivity index (χ4n) is 4.36. The minimum absolute atomic E-state index is 0.00486. The van der Waals surface area contributed by atoms with Crippen molar-refractivity contribution in [1.29, 1.82) is 0 Å². The normalized spacial score (nSPS) is 19.1. The van der Waals surface area contributed by atoms with E-state index >= 15 is 0 Å². The maximum absolute atomic E-state index is 13.1. The van der Waals surface area contributed by atoms with E-state index in [4.69, 9.17) is 31.3 Å². The summed E-state index contributed by atoms with van der Waals surface area (Å²) in [6.45, 7) is 3.98. The van der Waals surface area contributed by atoms with Gasteiger partial charge in [0.2, 0.25) is 0 Å². The summed E-state index contributed by atoms with van der Waals surface area (Å²) in [6, 6.07) is 4.93. The lowest BCUT2D eigenvalue weighted by molar-refractivity contribution is -0.204. The topological polar surface area (TPSA) is 238 Å². The summed E-state index contributed by atoms with van der Waals surface area (Å²) in [6.07, 6.45) is 0.447. The van der Waals surface area contributed by atoms with Crippen molar-refractivity contribution in [3.05, 3.63) is 40.4 Å². The van der Waals surface area contributed by atoms with E-state index in [2.05, 4.69) is 19.4 Å². The molecule has 228 valence electrons. The molecule has 42 heavy (non-hydrogen) atoms. The highest BCUT2D eigenvalue weighted by Crippen LogP contribution is 2.31. The highest BCUT2D eigenvalue weighted by molar-refractivity contribution is 7.80. The summed E-state index contributed by atoms with van der Waals surface area (Å²) in [5, 5.41) is 6.15. The number of guanidine groups is 1. The van der Waals surface area contributed by atoms with Gasteiger partial charge in [-0.05, 0) is 43.1 Å². The maximum atomic E-state index is 13.1. The molecule has 1 saturated heterocycles. The number of aliphatic imine (C=N–C) groups is 1. The average Bonchev–Trinajstić information content (AvgIpc) is 3.57. The van der Waals surface area contributed by atoms with Gasteiger partial charge in [-0.1, -0.05) is 11.2 Å². The number of fused-ring (bicyclic) bond motifs is 1. The van der Waals surface area contributed by atoms with Crippen LogP contribution in [0.5, 0.6) is 5.75 Å². The van der Waals surface area contributed by atoms with Crippen LogP contribution in [0.3, 0.4) is 0 Å². The molecule has 2 atom stereocenters. The lowest BCUT2D eigenvalue weighted by Crippen LogP contribution is -2.60. The first kappa shape index (κ1) is 31.1. The summed E-state index contributed by atoms with van der Waals surface area (Å²) in [5.41, 5.74) is 19.5. The van der Waals surface area contributed by atoms with Gasteiger partial charge < -0.3 is 31.7 Å². The molecule has 4 rings (SSSR count). The van der Waals surface area contributed by atoms with Gasteiger partial charge >= 0.3 is 10.4 Å². The number of oxime groups is 1. The first-order chi connectivity index (χ1) is 20.0. The predicted molar refractivity (Wildman–Crippen MR) is 152 cm³/mol. The number of β-lactam (4-membered cyclic amide) rings is 1. The van der Waals surface area contributed by atoms with E-state index in [1.165, 1.54) is 12.3 Å².